The Morgan fingerprint density at radius 1 is 1.44 bits per heavy atom. The Labute approximate surface area is 102 Å². The number of carbonyl (C=O) groups is 3. The second-order valence-corrected chi connectivity index (χ2v) is 3.90. The van der Waals surface area contributed by atoms with Crippen LogP contribution in [0.15, 0.2) is 18.2 Å². The summed E-state index contributed by atoms with van der Waals surface area (Å²) in [7, 11) is 0. The Hall–Kier alpha value is -2.24. The summed E-state index contributed by atoms with van der Waals surface area (Å²) in [6, 6.07) is 2.48. The first-order valence-corrected chi connectivity index (χ1v) is 5.38. The molecular weight excluding hydrogens is 241 g/mol. The van der Waals surface area contributed by atoms with E-state index in [1.165, 1.54) is 12.1 Å². The van der Waals surface area contributed by atoms with Crippen LogP contribution in [0.4, 0.5) is 10.1 Å². The van der Waals surface area contributed by atoms with Crippen LogP contribution < -0.4 is 4.90 Å². The highest BCUT2D eigenvalue weighted by molar-refractivity contribution is 6.52. The van der Waals surface area contributed by atoms with Gasteiger partial charge in [-0.2, -0.15) is 0 Å². The van der Waals surface area contributed by atoms with Crippen molar-refractivity contribution in [3.63, 3.8) is 0 Å². The van der Waals surface area contributed by atoms with Crippen molar-refractivity contribution in [2.75, 3.05) is 4.90 Å². The molecule has 0 bridgehead atoms. The maximum atomic E-state index is 13.7. The molecule has 6 heteroatoms. The summed E-state index contributed by atoms with van der Waals surface area (Å²) in [6.45, 7) is 1.55. The predicted octanol–water partition coefficient (Wildman–Crippen LogP) is 1.22. The van der Waals surface area contributed by atoms with E-state index in [-0.39, 0.29) is 17.7 Å². The number of Topliss-reactive ketones (excluding diaryl/α,β-unsaturated/α-hetero) is 1. The first-order valence-electron chi connectivity index (χ1n) is 5.38. The number of para-hydroxylation sites is 1. The highest BCUT2D eigenvalue weighted by Crippen LogP contribution is 2.33. The summed E-state index contributed by atoms with van der Waals surface area (Å²) in [6.07, 6.45) is 0.0854. The minimum Gasteiger partial charge on any atom is -0.480 e. The van der Waals surface area contributed by atoms with Crippen molar-refractivity contribution in [2.24, 2.45) is 0 Å². The number of hydrogen-bond acceptors (Lipinski definition) is 3. The number of nitrogens with zero attached hydrogens (tertiary/aromatic N) is 1. The fourth-order valence-corrected chi connectivity index (χ4v) is 2.03. The van der Waals surface area contributed by atoms with Crippen LogP contribution >= 0.6 is 0 Å². The van der Waals surface area contributed by atoms with Crippen LogP contribution in [0.3, 0.4) is 0 Å². The number of hydrogen-bond donors (Lipinski definition) is 1. The van der Waals surface area contributed by atoms with Crippen LogP contribution in [0.1, 0.15) is 23.7 Å². The van der Waals surface area contributed by atoms with Gasteiger partial charge in [0.25, 0.3) is 11.7 Å². The highest BCUT2D eigenvalue weighted by atomic mass is 19.1. The number of rotatable bonds is 3. The SMILES string of the molecule is CCC(C(=O)O)N1C(=O)C(=O)c2cccc(F)c21. The normalized spacial score (nSPS) is 15.8. The Morgan fingerprint density at radius 2 is 2.11 bits per heavy atom. The van der Waals surface area contributed by atoms with E-state index in [0.717, 1.165) is 11.0 Å². The summed E-state index contributed by atoms with van der Waals surface area (Å²) in [4.78, 5) is 35.2. The van der Waals surface area contributed by atoms with Crippen LogP contribution in [0.25, 0.3) is 0 Å². The molecule has 1 aliphatic rings. The number of carbonyl (C=O) groups excluding carboxylic acids is 2. The molecule has 0 aliphatic carbocycles. The number of benzene rings is 1. The van der Waals surface area contributed by atoms with E-state index in [0.29, 0.717) is 0 Å². The van der Waals surface area contributed by atoms with Gasteiger partial charge in [0.05, 0.1) is 11.3 Å². The molecule has 2 rings (SSSR count). The molecule has 1 unspecified atom stereocenters. The lowest BCUT2D eigenvalue weighted by Crippen LogP contribution is -2.44. The van der Waals surface area contributed by atoms with Gasteiger partial charge in [0.15, 0.2) is 0 Å². The van der Waals surface area contributed by atoms with Crippen molar-refractivity contribution in [2.45, 2.75) is 19.4 Å². The Bertz CT molecular complexity index is 555. The summed E-state index contributed by atoms with van der Waals surface area (Å²) in [5, 5.41) is 9.03. The van der Waals surface area contributed by atoms with Crippen molar-refractivity contribution in [3.8, 4) is 0 Å². The van der Waals surface area contributed by atoms with Gasteiger partial charge < -0.3 is 5.11 Å². The minimum atomic E-state index is -1.27. The predicted molar refractivity (Wildman–Crippen MR) is 59.9 cm³/mol. The largest absolute Gasteiger partial charge is 0.480 e. The monoisotopic (exact) mass is 251 g/mol. The molecule has 0 aromatic heterocycles. The summed E-state index contributed by atoms with van der Waals surface area (Å²) >= 11 is 0. The Morgan fingerprint density at radius 3 is 2.67 bits per heavy atom. The van der Waals surface area contributed by atoms with Crippen molar-refractivity contribution < 1.29 is 23.9 Å². The zero-order valence-corrected chi connectivity index (χ0v) is 9.51. The number of carboxylic acids is 1. The lowest BCUT2D eigenvalue weighted by atomic mass is 10.1. The molecule has 0 fully saturated rings. The molecule has 1 N–H and O–H groups in total. The van der Waals surface area contributed by atoms with Crippen molar-refractivity contribution in [1.29, 1.82) is 0 Å². The summed E-state index contributed by atoms with van der Waals surface area (Å²) in [5.74, 6) is -3.91. The molecule has 1 heterocycles. The summed E-state index contributed by atoms with van der Waals surface area (Å²) in [5.41, 5.74) is -0.318. The first kappa shape index (κ1) is 12.2. The Balaban J connectivity index is 2.61. The zero-order valence-electron chi connectivity index (χ0n) is 9.51. The number of carboxylic acid groups (broad SMARTS) is 1. The molecule has 94 valence electrons. The molecule has 1 aromatic rings. The molecule has 0 radical (unpaired) electrons. The van der Waals surface area contributed by atoms with Gasteiger partial charge >= 0.3 is 5.97 Å². The molecule has 1 aromatic carbocycles. The van der Waals surface area contributed by atoms with E-state index in [4.69, 9.17) is 5.11 Å². The molecule has 0 spiro atoms. The zero-order chi connectivity index (χ0) is 13.4. The second-order valence-electron chi connectivity index (χ2n) is 3.90. The number of aliphatic carboxylic acids is 1. The summed E-state index contributed by atoms with van der Waals surface area (Å²) < 4.78 is 13.7. The molecule has 1 aliphatic heterocycles. The average Bonchev–Trinajstić information content (AvgIpc) is 2.57. The quantitative estimate of drug-likeness (QED) is 0.819. The van der Waals surface area contributed by atoms with Crippen LogP contribution in [0.5, 0.6) is 0 Å². The number of anilines is 1. The van der Waals surface area contributed by atoms with Gasteiger partial charge in [-0.05, 0) is 18.6 Å². The standard InChI is InChI=1S/C12H10FNO4/c1-2-8(12(17)18)14-9-6(10(15)11(14)16)4-3-5-7(9)13/h3-5,8H,2H2,1H3,(H,17,18). The minimum absolute atomic E-state index is 0.0836. The van der Waals surface area contributed by atoms with Crippen molar-refractivity contribution in [1.82, 2.24) is 0 Å². The van der Waals surface area contributed by atoms with Crippen LogP contribution in [-0.2, 0) is 9.59 Å². The number of halogens is 1. The smallest absolute Gasteiger partial charge is 0.326 e. The lowest BCUT2D eigenvalue weighted by molar-refractivity contribution is -0.139. The number of ketones is 1. The van der Waals surface area contributed by atoms with Gasteiger partial charge in [0.2, 0.25) is 0 Å². The molecule has 1 amide bonds. The third-order valence-electron chi connectivity index (χ3n) is 2.87. The molecule has 0 saturated heterocycles. The molecule has 18 heavy (non-hydrogen) atoms. The van der Waals surface area contributed by atoms with Crippen LogP contribution in [0.2, 0.25) is 0 Å². The fourth-order valence-electron chi connectivity index (χ4n) is 2.03. The number of amides is 1. The van der Waals surface area contributed by atoms with E-state index in [1.807, 2.05) is 0 Å². The van der Waals surface area contributed by atoms with E-state index in [9.17, 15) is 18.8 Å². The number of fused-ring (bicyclic) bond motifs is 1. The van der Waals surface area contributed by atoms with Crippen LogP contribution in [0, 0.1) is 5.82 Å². The highest BCUT2D eigenvalue weighted by Gasteiger charge is 2.43. The Kier molecular flexibility index (Phi) is 2.86. The first-order chi connectivity index (χ1) is 8.49. The van der Waals surface area contributed by atoms with E-state index in [2.05, 4.69) is 0 Å². The molecule has 0 saturated carbocycles. The van der Waals surface area contributed by atoms with Gasteiger partial charge in [-0.15, -0.1) is 0 Å². The maximum absolute atomic E-state index is 13.7. The van der Waals surface area contributed by atoms with Gasteiger partial charge in [0, 0.05) is 0 Å². The maximum Gasteiger partial charge on any atom is 0.326 e. The third kappa shape index (κ3) is 1.57. The molecule has 5 nitrogen and oxygen atoms in total. The lowest BCUT2D eigenvalue weighted by Gasteiger charge is -2.23. The average molecular weight is 251 g/mol. The molecular formula is C12H10FNO4. The van der Waals surface area contributed by atoms with Crippen molar-refractivity contribution in [3.05, 3.63) is 29.6 Å². The van der Waals surface area contributed by atoms with Gasteiger partial charge in [-0.3, -0.25) is 14.5 Å². The molecule has 1 atom stereocenters. The van der Waals surface area contributed by atoms with Crippen molar-refractivity contribution >= 4 is 23.3 Å². The third-order valence-corrected chi connectivity index (χ3v) is 2.87. The van der Waals surface area contributed by atoms with E-state index < -0.39 is 29.5 Å². The van der Waals surface area contributed by atoms with Gasteiger partial charge in [0.1, 0.15) is 11.9 Å². The van der Waals surface area contributed by atoms with Crippen LogP contribution in [-0.4, -0.2) is 28.8 Å². The second kappa shape index (κ2) is 4.21. The van der Waals surface area contributed by atoms with E-state index in [1.54, 1.807) is 6.92 Å². The van der Waals surface area contributed by atoms with E-state index >= 15 is 0 Å². The van der Waals surface area contributed by atoms with Gasteiger partial charge in [-0.25, -0.2) is 9.18 Å². The fraction of sp³-hybridized carbons (Fsp3) is 0.250. The topological polar surface area (TPSA) is 74.7 Å². The van der Waals surface area contributed by atoms with Gasteiger partial charge in [-0.1, -0.05) is 13.0 Å².